The van der Waals surface area contributed by atoms with E-state index in [1.54, 1.807) is 0 Å². The molecule has 7 nitrogen and oxygen atoms in total. The number of unbranched alkanes of at least 4 members (excludes halogenated alkanes) is 1. The Morgan fingerprint density at radius 2 is 1.89 bits per heavy atom. The van der Waals surface area contributed by atoms with Gasteiger partial charge in [-0.3, -0.25) is 0 Å². The summed E-state index contributed by atoms with van der Waals surface area (Å²) in [7, 11) is 0. The van der Waals surface area contributed by atoms with Crippen molar-refractivity contribution in [2.45, 2.75) is 53.0 Å². The maximum Gasteiger partial charge on any atom is 0.191 e. The lowest BCUT2D eigenvalue weighted by atomic mass is 10.1. The van der Waals surface area contributed by atoms with Crippen molar-refractivity contribution < 1.29 is 4.52 Å². The first-order chi connectivity index (χ1) is 13.1. The summed E-state index contributed by atoms with van der Waals surface area (Å²) in [5, 5.41) is 10.8. The fraction of sp³-hybridized carbons (Fsp3) is 0.800. The van der Waals surface area contributed by atoms with Crippen LogP contribution in [0.4, 0.5) is 0 Å². The molecule has 1 fully saturated rings. The normalized spacial score (nSPS) is 16.9. The average molecular weight is 379 g/mol. The zero-order valence-electron chi connectivity index (χ0n) is 17.6. The number of hydrogen-bond donors (Lipinski definition) is 2. The van der Waals surface area contributed by atoms with Crippen LogP contribution in [0.25, 0.3) is 0 Å². The van der Waals surface area contributed by atoms with Gasteiger partial charge in [0.1, 0.15) is 6.54 Å². The lowest BCUT2D eigenvalue weighted by Gasteiger charge is -2.34. The first-order valence-electron chi connectivity index (χ1n) is 10.5. The third-order valence-corrected chi connectivity index (χ3v) is 5.01. The van der Waals surface area contributed by atoms with E-state index in [2.05, 4.69) is 58.3 Å². The van der Waals surface area contributed by atoms with Crippen LogP contribution in [-0.2, 0) is 6.54 Å². The van der Waals surface area contributed by atoms with Crippen LogP contribution in [0, 0.1) is 0 Å². The highest BCUT2D eigenvalue weighted by atomic mass is 16.5. The molecule has 0 radical (unpaired) electrons. The Bertz CT molecular complexity index is 548. The smallest absolute Gasteiger partial charge is 0.191 e. The largest absolute Gasteiger partial charge is 0.359 e. The van der Waals surface area contributed by atoms with E-state index in [-0.39, 0.29) is 0 Å². The van der Waals surface area contributed by atoms with E-state index in [1.165, 1.54) is 45.7 Å². The molecule has 1 aliphatic heterocycles. The molecule has 1 aromatic heterocycles. The highest BCUT2D eigenvalue weighted by molar-refractivity contribution is 5.79. The van der Waals surface area contributed by atoms with Crippen LogP contribution in [-0.4, -0.2) is 73.3 Å². The van der Waals surface area contributed by atoms with Gasteiger partial charge >= 0.3 is 0 Å². The van der Waals surface area contributed by atoms with E-state index in [1.807, 2.05) is 6.07 Å². The highest BCUT2D eigenvalue weighted by Gasteiger charge is 2.14. The van der Waals surface area contributed by atoms with Gasteiger partial charge in [-0.15, -0.1) is 0 Å². The second kappa shape index (κ2) is 12.0. The molecule has 7 heteroatoms. The highest BCUT2D eigenvalue weighted by Crippen LogP contribution is 2.14. The van der Waals surface area contributed by atoms with E-state index < -0.39 is 0 Å². The molecule has 2 heterocycles. The van der Waals surface area contributed by atoms with Crippen molar-refractivity contribution in [3.63, 3.8) is 0 Å². The van der Waals surface area contributed by atoms with Gasteiger partial charge in [0, 0.05) is 45.3 Å². The summed E-state index contributed by atoms with van der Waals surface area (Å²) in [6, 6.07) is 2.00. The molecular formula is C20H38N6O. The second-order valence-corrected chi connectivity index (χ2v) is 7.48. The fourth-order valence-corrected chi connectivity index (χ4v) is 3.17. The molecule has 0 bridgehead atoms. The SMILES string of the molecule is CCNC(=NCc1cc(C(C)C)no1)NCCCCN1CCN(CC)CC1. The van der Waals surface area contributed by atoms with Crippen LogP contribution >= 0.6 is 0 Å². The van der Waals surface area contributed by atoms with Crippen LogP contribution in [0.2, 0.25) is 0 Å². The van der Waals surface area contributed by atoms with Gasteiger partial charge in [-0.1, -0.05) is 25.9 Å². The summed E-state index contributed by atoms with van der Waals surface area (Å²) in [5.74, 6) is 2.03. The third kappa shape index (κ3) is 7.89. The topological polar surface area (TPSA) is 68.9 Å². The minimum Gasteiger partial charge on any atom is -0.359 e. The molecule has 0 saturated carbocycles. The molecule has 0 aromatic carbocycles. The zero-order valence-corrected chi connectivity index (χ0v) is 17.6. The fourth-order valence-electron chi connectivity index (χ4n) is 3.17. The van der Waals surface area contributed by atoms with Crippen molar-refractivity contribution in [1.82, 2.24) is 25.6 Å². The van der Waals surface area contributed by atoms with Crippen molar-refractivity contribution >= 4 is 5.96 Å². The first kappa shape index (κ1) is 21.7. The summed E-state index contributed by atoms with van der Waals surface area (Å²) in [6.45, 7) is 18.1. The number of guanidine groups is 1. The standard InChI is InChI=1S/C20H38N6O/c1-5-21-20(23-16-18-15-19(17(3)4)24-27-18)22-9-7-8-10-26-13-11-25(6-2)12-14-26/h15,17H,5-14,16H2,1-4H3,(H2,21,22,23). The predicted octanol–water partition coefficient (Wildman–Crippen LogP) is 2.27. The van der Waals surface area contributed by atoms with Crippen LogP contribution in [0.15, 0.2) is 15.6 Å². The number of nitrogens with zero attached hydrogens (tertiary/aromatic N) is 4. The van der Waals surface area contributed by atoms with Crippen LogP contribution in [0.3, 0.4) is 0 Å². The molecule has 0 unspecified atom stereocenters. The Morgan fingerprint density at radius 1 is 1.15 bits per heavy atom. The molecule has 1 saturated heterocycles. The van der Waals surface area contributed by atoms with Crippen LogP contribution in [0.1, 0.15) is 57.9 Å². The van der Waals surface area contributed by atoms with Gasteiger partial charge < -0.3 is 25.0 Å². The minimum atomic E-state index is 0.378. The molecular weight excluding hydrogens is 340 g/mol. The molecule has 0 aliphatic carbocycles. The van der Waals surface area contributed by atoms with E-state index in [0.717, 1.165) is 36.9 Å². The number of rotatable bonds is 10. The summed E-state index contributed by atoms with van der Waals surface area (Å²) < 4.78 is 5.36. The molecule has 0 atom stereocenters. The number of nitrogens with one attached hydrogen (secondary N) is 2. The van der Waals surface area contributed by atoms with E-state index >= 15 is 0 Å². The molecule has 154 valence electrons. The van der Waals surface area contributed by atoms with E-state index in [4.69, 9.17) is 4.52 Å². The summed E-state index contributed by atoms with van der Waals surface area (Å²) in [5.41, 5.74) is 0.984. The van der Waals surface area contributed by atoms with Crippen molar-refractivity contribution in [2.75, 3.05) is 52.4 Å². The number of piperazine rings is 1. The number of likely N-dealkylation sites (N-methyl/N-ethyl adjacent to an activating group) is 1. The van der Waals surface area contributed by atoms with Gasteiger partial charge in [-0.25, -0.2) is 4.99 Å². The molecule has 2 rings (SSSR count). The van der Waals surface area contributed by atoms with E-state index in [0.29, 0.717) is 12.5 Å². The van der Waals surface area contributed by atoms with Gasteiger partial charge in [0.15, 0.2) is 11.7 Å². The molecule has 1 aliphatic rings. The van der Waals surface area contributed by atoms with E-state index in [9.17, 15) is 0 Å². The second-order valence-electron chi connectivity index (χ2n) is 7.48. The Morgan fingerprint density at radius 3 is 2.52 bits per heavy atom. The number of aromatic nitrogens is 1. The van der Waals surface area contributed by atoms with Crippen molar-refractivity contribution in [3.8, 4) is 0 Å². The maximum absolute atomic E-state index is 5.36. The summed E-state index contributed by atoms with van der Waals surface area (Å²) in [6.07, 6.45) is 2.37. The molecule has 2 N–H and O–H groups in total. The molecule has 27 heavy (non-hydrogen) atoms. The Balaban J connectivity index is 1.65. The average Bonchev–Trinajstić information content (AvgIpc) is 3.15. The van der Waals surface area contributed by atoms with Gasteiger partial charge in [0.25, 0.3) is 0 Å². The first-order valence-corrected chi connectivity index (χ1v) is 10.5. The third-order valence-electron chi connectivity index (χ3n) is 5.01. The minimum absolute atomic E-state index is 0.378. The number of hydrogen-bond acceptors (Lipinski definition) is 5. The maximum atomic E-state index is 5.36. The quantitative estimate of drug-likeness (QED) is 0.370. The lowest BCUT2D eigenvalue weighted by Crippen LogP contribution is -2.46. The monoisotopic (exact) mass is 378 g/mol. The summed E-state index contributed by atoms with van der Waals surface area (Å²) in [4.78, 5) is 9.72. The van der Waals surface area contributed by atoms with Crippen molar-refractivity contribution in [2.24, 2.45) is 4.99 Å². The van der Waals surface area contributed by atoms with Crippen molar-refractivity contribution in [3.05, 3.63) is 17.5 Å². The van der Waals surface area contributed by atoms with Gasteiger partial charge in [-0.05, 0) is 38.8 Å². The molecule has 0 spiro atoms. The molecule has 0 amide bonds. The van der Waals surface area contributed by atoms with Crippen LogP contribution in [0.5, 0.6) is 0 Å². The molecule has 1 aromatic rings. The van der Waals surface area contributed by atoms with Crippen molar-refractivity contribution in [1.29, 1.82) is 0 Å². The van der Waals surface area contributed by atoms with Crippen LogP contribution < -0.4 is 10.6 Å². The van der Waals surface area contributed by atoms with Gasteiger partial charge in [-0.2, -0.15) is 0 Å². The lowest BCUT2D eigenvalue weighted by molar-refractivity contribution is 0.136. The predicted molar refractivity (Wildman–Crippen MR) is 111 cm³/mol. The Kier molecular flexibility index (Phi) is 9.62. The number of aliphatic imine (C=N–C) groups is 1. The Labute approximate surface area is 164 Å². The summed E-state index contributed by atoms with van der Waals surface area (Å²) >= 11 is 0. The van der Waals surface area contributed by atoms with Gasteiger partial charge in [0.2, 0.25) is 0 Å². The Hall–Kier alpha value is -1.60. The zero-order chi connectivity index (χ0) is 19.5. The van der Waals surface area contributed by atoms with Gasteiger partial charge in [0.05, 0.1) is 5.69 Å².